The number of carbonyl (C=O) groups excluding carboxylic acids is 2. The van der Waals surface area contributed by atoms with Crippen LogP contribution < -0.4 is 16.6 Å². The van der Waals surface area contributed by atoms with Crippen LogP contribution in [-0.2, 0) is 4.79 Å². The largest absolute Gasteiger partial charge is 0.381 e. The molecule has 5 N–H and O–H groups in total. The first-order valence-electron chi connectivity index (χ1n) is 4.31. The lowest BCUT2D eigenvalue weighted by atomic mass is 10.3. The van der Waals surface area contributed by atoms with E-state index in [-0.39, 0.29) is 12.2 Å². The SMILES string of the molecule is NC(=O)C(O)CNC(=O)c1c[nH]c(=O)cn1. The second-order valence-corrected chi connectivity index (χ2v) is 2.92. The lowest BCUT2D eigenvalue weighted by Crippen LogP contribution is -2.40. The number of hydrogen-bond acceptors (Lipinski definition) is 5. The number of amides is 2. The molecular formula is C8H10N4O4. The Labute approximate surface area is 89.5 Å². The van der Waals surface area contributed by atoms with Gasteiger partial charge in [0.05, 0.1) is 12.7 Å². The number of aliphatic hydroxyl groups is 1. The molecule has 1 unspecified atom stereocenters. The summed E-state index contributed by atoms with van der Waals surface area (Å²) in [6.07, 6.45) is 0.611. The van der Waals surface area contributed by atoms with E-state index in [0.717, 1.165) is 12.4 Å². The molecule has 2 amide bonds. The van der Waals surface area contributed by atoms with Gasteiger partial charge in [0.1, 0.15) is 11.8 Å². The van der Waals surface area contributed by atoms with E-state index >= 15 is 0 Å². The Kier molecular flexibility index (Phi) is 3.72. The molecule has 0 aliphatic heterocycles. The number of hydrogen-bond donors (Lipinski definition) is 4. The molecule has 86 valence electrons. The van der Waals surface area contributed by atoms with Crippen molar-refractivity contribution in [1.82, 2.24) is 15.3 Å². The minimum atomic E-state index is -1.45. The van der Waals surface area contributed by atoms with E-state index < -0.39 is 23.5 Å². The molecule has 1 atom stereocenters. The summed E-state index contributed by atoms with van der Waals surface area (Å²) < 4.78 is 0. The first-order chi connectivity index (χ1) is 7.50. The average molecular weight is 226 g/mol. The van der Waals surface area contributed by atoms with Crippen LogP contribution in [0.15, 0.2) is 17.2 Å². The zero-order valence-electron chi connectivity index (χ0n) is 8.14. The van der Waals surface area contributed by atoms with Crippen LogP contribution in [0.3, 0.4) is 0 Å². The van der Waals surface area contributed by atoms with Crippen molar-refractivity contribution in [2.75, 3.05) is 6.54 Å². The molecule has 1 heterocycles. The Bertz CT molecular complexity index is 435. The molecule has 0 spiro atoms. The Morgan fingerprint density at radius 2 is 2.31 bits per heavy atom. The zero-order chi connectivity index (χ0) is 12.1. The normalized spacial score (nSPS) is 11.8. The van der Waals surface area contributed by atoms with Crippen LogP contribution in [0, 0.1) is 0 Å². The van der Waals surface area contributed by atoms with Crippen molar-refractivity contribution in [2.24, 2.45) is 5.73 Å². The van der Waals surface area contributed by atoms with Gasteiger partial charge in [-0.2, -0.15) is 0 Å². The number of carbonyl (C=O) groups is 2. The van der Waals surface area contributed by atoms with E-state index in [9.17, 15) is 14.4 Å². The number of nitrogens with one attached hydrogen (secondary N) is 2. The number of aromatic nitrogens is 2. The van der Waals surface area contributed by atoms with Crippen LogP contribution >= 0.6 is 0 Å². The second-order valence-electron chi connectivity index (χ2n) is 2.92. The third kappa shape index (κ3) is 3.17. The fourth-order valence-electron chi connectivity index (χ4n) is 0.847. The van der Waals surface area contributed by atoms with Gasteiger partial charge in [0.15, 0.2) is 0 Å². The van der Waals surface area contributed by atoms with Crippen molar-refractivity contribution in [3.05, 3.63) is 28.4 Å². The maximum atomic E-state index is 11.3. The Hall–Kier alpha value is -2.22. The molecule has 0 aromatic carbocycles. The maximum absolute atomic E-state index is 11.3. The number of nitrogens with two attached hydrogens (primary N) is 1. The van der Waals surface area contributed by atoms with Crippen molar-refractivity contribution >= 4 is 11.8 Å². The number of aromatic amines is 1. The third-order valence-electron chi connectivity index (χ3n) is 1.69. The van der Waals surface area contributed by atoms with Crippen molar-refractivity contribution in [1.29, 1.82) is 0 Å². The molecule has 1 rings (SSSR count). The predicted molar refractivity (Wildman–Crippen MR) is 52.4 cm³/mol. The summed E-state index contributed by atoms with van der Waals surface area (Å²) in [6.45, 7) is -0.311. The van der Waals surface area contributed by atoms with Gasteiger partial charge in [0, 0.05) is 6.20 Å². The molecule has 8 nitrogen and oxygen atoms in total. The highest BCUT2D eigenvalue weighted by Gasteiger charge is 2.13. The van der Waals surface area contributed by atoms with E-state index in [0.29, 0.717) is 0 Å². The molecule has 0 fully saturated rings. The second kappa shape index (κ2) is 5.03. The first kappa shape index (κ1) is 11.9. The van der Waals surface area contributed by atoms with Gasteiger partial charge >= 0.3 is 0 Å². The molecule has 0 aliphatic rings. The number of aliphatic hydroxyl groups excluding tert-OH is 1. The maximum Gasteiger partial charge on any atom is 0.271 e. The summed E-state index contributed by atoms with van der Waals surface area (Å²) in [5.41, 5.74) is 4.31. The van der Waals surface area contributed by atoms with Gasteiger partial charge in [-0.05, 0) is 0 Å². The van der Waals surface area contributed by atoms with Crippen molar-refractivity contribution in [3.63, 3.8) is 0 Å². The minimum Gasteiger partial charge on any atom is -0.381 e. The fourth-order valence-corrected chi connectivity index (χ4v) is 0.847. The molecule has 16 heavy (non-hydrogen) atoms. The summed E-state index contributed by atoms with van der Waals surface area (Å²) in [5, 5.41) is 11.2. The van der Waals surface area contributed by atoms with E-state index in [4.69, 9.17) is 10.8 Å². The van der Waals surface area contributed by atoms with Crippen LogP contribution in [-0.4, -0.2) is 39.5 Å². The molecular weight excluding hydrogens is 216 g/mol. The van der Waals surface area contributed by atoms with Crippen molar-refractivity contribution in [3.8, 4) is 0 Å². The lowest BCUT2D eigenvalue weighted by Gasteiger charge is -2.07. The standard InChI is InChI=1S/C8H10N4O4/c9-7(15)5(13)2-12-8(16)4-1-11-6(14)3-10-4/h1,3,5,13H,2H2,(H2,9,15)(H,11,14)(H,12,16). The smallest absolute Gasteiger partial charge is 0.271 e. The van der Waals surface area contributed by atoms with E-state index in [1.807, 2.05) is 0 Å². The minimum absolute atomic E-state index is 0.0312. The molecule has 0 radical (unpaired) electrons. The average Bonchev–Trinajstić information content (AvgIpc) is 2.26. The van der Waals surface area contributed by atoms with Crippen LogP contribution in [0.5, 0.6) is 0 Å². The van der Waals surface area contributed by atoms with Gasteiger partial charge in [-0.15, -0.1) is 0 Å². The van der Waals surface area contributed by atoms with E-state index in [2.05, 4.69) is 15.3 Å². The van der Waals surface area contributed by atoms with Crippen LogP contribution in [0.4, 0.5) is 0 Å². The number of H-pyrrole nitrogens is 1. The van der Waals surface area contributed by atoms with Crippen molar-refractivity contribution < 1.29 is 14.7 Å². The summed E-state index contributed by atoms with van der Waals surface area (Å²) in [5.74, 6) is -1.56. The topological polar surface area (TPSA) is 138 Å². The van der Waals surface area contributed by atoms with Crippen LogP contribution in [0.2, 0.25) is 0 Å². The molecule has 1 aromatic heterocycles. The monoisotopic (exact) mass is 226 g/mol. The summed E-state index contributed by atoms with van der Waals surface area (Å²) in [6, 6.07) is 0. The van der Waals surface area contributed by atoms with Gasteiger partial charge in [0.25, 0.3) is 11.5 Å². The quantitative estimate of drug-likeness (QED) is 0.444. The van der Waals surface area contributed by atoms with E-state index in [1.54, 1.807) is 0 Å². The van der Waals surface area contributed by atoms with Gasteiger partial charge in [-0.3, -0.25) is 14.4 Å². The first-order valence-corrected chi connectivity index (χ1v) is 4.31. The Morgan fingerprint density at radius 1 is 1.62 bits per heavy atom. The van der Waals surface area contributed by atoms with E-state index in [1.165, 1.54) is 0 Å². The van der Waals surface area contributed by atoms with Gasteiger partial charge < -0.3 is 21.1 Å². The molecule has 0 saturated carbocycles. The molecule has 1 aromatic rings. The molecule has 8 heteroatoms. The summed E-state index contributed by atoms with van der Waals surface area (Å²) in [4.78, 5) is 38.2. The summed E-state index contributed by atoms with van der Waals surface area (Å²) >= 11 is 0. The third-order valence-corrected chi connectivity index (χ3v) is 1.69. The van der Waals surface area contributed by atoms with Crippen LogP contribution in [0.25, 0.3) is 0 Å². The number of rotatable bonds is 4. The van der Waals surface area contributed by atoms with Gasteiger partial charge in [-0.25, -0.2) is 4.98 Å². The van der Waals surface area contributed by atoms with Gasteiger partial charge in [-0.1, -0.05) is 0 Å². The van der Waals surface area contributed by atoms with Crippen LogP contribution in [0.1, 0.15) is 10.5 Å². The Balaban J connectivity index is 2.56. The zero-order valence-corrected chi connectivity index (χ0v) is 8.14. The molecule has 0 saturated heterocycles. The highest BCUT2D eigenvalue weighted by Crippen LogP contribution is 1.88. The Morgan fingerprint density at radius 3 is 2.81 bits per heavy atom. The van der Waals surface area contributed by atoms with Crippen molar-refractivity contribution in [2.45, 2.75) is 6.10 Å². The predicted octanol–water partition coefficient (Wildman–Crippen LogP) is -2.65. The molecule has 0 bridgehead atoms. The number of nitrogens with zero attached hydrogens (tertiary/aromatic N) is 1. The fraction of sp³-hybridized carbons (Fsp3) is 0.250. The summed E-state index contributed by atoms with van der Waals surface area (Å²) in [7, 11) is 0. The van der Waals surface area contributed by atoms with Gasteiger partial charge in [0.2, 0.25) is 5.91 Å². The number of primary amides is 1. The lowest BCUT2D eigenvalue weighted by molar-refractivity contribution is -0.125. The molecule has 0 aliphatic carbocycles. The highest BCUT2D eigenvalue weighted by molar-refractivity contribution is 5.92. The highest BCUT2D eigenvalue weighted by atomic mass is 16.3.